The van der Waals surface area contributed by atoms with Gasteiger partial charge in [0.15, 0.2) is 0 Å². The van der Waals surface area contributed by atoms with Gasteiger partial charge in [0.2, 0.25) is 0 Å². The van der Waals surface area contributed by atoms with Crippen molar-refractivity contribution in [1.82, 2.24) is 0 Å². The maximum atomic E-state index is 3.29. The number of rotatable bonds is 0. The molecule has 0 aromatic carbocycles. The third-order valence-corrected chi connectivity index (χ3v) is 4.81. The fourth-order valence-corrected chi connectivity index (χ4v) is 2.99. The van der Waals surface area contributed by atoms with Crippen LogP contribution in [-0.2, 0) is 46.7 Å². The standard InChI is InChI=1S/2C8H11.2C6H7.2C2H6Si.2ClH.2Zr/c2*1-6-4-7(2)8(3)5-6;2*1-6-4-2-3-5-6;2*1-3-2;;;;/h2*4,6H,1-3H3;2*4-5H,2H2,1H3;2*1-2H3;2*1H;;/q4*-1;;;;;2*+2/p-2. The van der Waals surface area contributed by atoms with Crippen LogP contribution in [-0.4, -0.2) is 10.9 Å². The van der Waals surface area contributed by atoms with E-state index in [-0.39, 0.29) is 35.7 Å². The van der Waals surface area contributed by atoms with Gasteiger partial charge >= 0.3 is 83.7 Å². The van der Waals surface area contributed by atoms with Crippen molar-refractivity contribution in [3.05, 3.63) is 94.2 Å². The van der Waals surface area contributed by atoms with Gasteiger partial charge in [-0.15, -0.1) is 40.5 Å². The Labute approximate surface area is 280 Å². The first-order valence-corrected chi connectivity index (χ1v) is 25.1. The second-order valence-corrected chi connectivity index (χ2v) is 28.6. The summed E-state index contributed by atoms with van der Waals surface area (Å²) in [6.45, 7) is 26.2. The van der Waals surface area contributed by atoms with Gasteiger partial charge in [0.05, 0.1) is 0 Å². The Morgan fingerprint density at radius 1 is 0.632 bits per heavy atom. The quantitative estimate of drug-likeness (QED) is 0.263. The molecule has 0 spiro atoms. The molecule has 2 atom stereocenters. The Morgan fingerprint density at radius 2 is 0.895 bits per heavy atom. The molecule has 0 aliphatic heterocycles. The smallest absolute Gasteiger partial charge is 1.00 e. The Kier molecular flexibility index (Phi) is 33.5. The molecule has 0 heterocycles. The summed E-state index contributed by atoms with van der Waals surface area (Å²) < 4.78 is 0. The maximum Gasteiger partial charge on any atom is -1.00 e. The molecule has 4 aliphatic rings. The average Bonchev–Trinajstić information content (AvgIpc) is 3.51. The van der Waals surface area contributed by atoms with Crippen LogP contribution in [0.3, 0.4) is 0 Å². The number of hydrogen-bond acceptors (Lipinski definition) is 0. The van der Waals surface area contributed by atoms with Gasteiger partial charge in [-0.2, -0.15) is 24.3 Å². The first-order valence-electron chi connectivity index (χ1n) is 12.7. The van der Waals surface area contributed by atoms with E-state index in [9.17, 15) is 0 Å². The van der Waals surface area contributed by atoms with Crippen LogP contribution in [0.5, 0.6) is 0 Å². The predicted octanol–water partition coefficient (Wildman–Crippen LogP) is 3.63. The monoisotopic (exact) mass is 738 g/mol. The minimum Gasteiger partial charge on any atom is -1.00 e. The minimum absolute atomic E-state index is 0. The van der Waals surface area contributed by atoms with Gasteiger partial charge in [0.1, 0.15) is 0 Å². The van der Waals surface area contributed by atoms with Crippen LogP contribution in [0.15, 0.2) is 69.9 Å². The summed E-state index contributed by atoms with van der Waals surface area (Å²) in [5.41, 5.74) is 8.51. The van der Waals surface area contributed by atoms with E-state index in [1.54, 1.807) is 46.7 Å². The van der Waals surface area contributed by atoms with Crippen molar-refractivity contribution in [2.45, 2.75) is 94.4 Å². The van der Waals surface area contributed by atoms with Crippen molar-refractivity contribution in [3.8, 4) is 0 Å². The fraction of sp³-hybridized carbons (Fsp3) is 0.500. The Hall–Kier alpha value is 0.700. The number of hydrogen-bond donors (Lipinski definition) is 0. The van der Waals surface area contributed by atoms with E-state index in [1.807, 2.05) is 12.2 Å². The van der Waals surface area contributed by atoms with E-state index in [1.165, 1.54) is 33.4 Å². The number of allylic oxidation sites excluding steroid dienone is 16. The van der Waals surface area contributed by atoms with Crippen LogP contribution in [0.4, 0.5) is 0 Å². The SMILES string of the molecule is CC1=CC[C-]=C1.CC1=CC[C-]=C1.CC1=[C-]C(C)C=C1C.CC1=[C-]C(C)C=C1C.C[Si](C)=[Zr+2].C[Si](C)=[Zr+2].[Cl-].[Cl-]. The molecule has 0 aromatic heterocycles. The Morgan fingerprint density at radius 3 is 0.947 bits per heavy atom. The molecule has 4 aliphatic carbocycles. The zero-order valence-electron chi connectivity index (χ0n) is 25.8. The predicted molar refractivity (Wildman–Crippen MR) is 158 cm³/mol. The first kappa shape index (κ1) is 45.7. The molecule has 0 amide bonds. The van der Waals surface area contributed by atoms with Gasteiger partial charge in [-0.05, 0) is 0 Å². The second kappa shape index (κ2) is 27.8. The third kappa shape index (κ3) is 31.2. The van der Waals surface area contributed by atoms with Gasteiger partial charge in [-0.25, -0.2) is 45.6 Å². The van der Waals surface area contributed by atoms with Crippen molar-refractivity contribution in [1.29, 1.82) is 0 Å². The maximum absolute atomic E-state index is 3.29. The minimum atomic E-state index is 0. The zero-order chi connectivity index (χ0) is 28.3. The van der Waals surface area contributed by atoms with Crippen LogP contribution in [0.25, 0.3) is 0 Å². The van der Waals surface area contributed by atoms with Gasteiger partial charge in [-0.1, -0.05) is 39.5 Å². The van der Waals surface area contributed by atoms with Crippen molar-refractivity contribution >= 4 is 10.9 Å². The van der Waals surface area contributed by atoms with Gasteiger partial charge in [0, 0.05) is 0 Å². The van der Waals surface area contributed by atoms with Crippen molar-refractivity contribution in [2.24, 2.45) is 11.8 Å². The fourth-order valence-electron chi connectivity index (χ4n) is 2.99. The first-order chi connectivity index (χ1) is 16.6. The summed E-state index contributed by atoms with van der Waals surface area (Å²) >= 11 is 3.48. The molecule has 0 saturated carbocycles. The van der Waals surface area contributed by atoms with Crippen molar-refractivity contribution < 1.29 is 71.5 Å². The van der Waals surface area contributed by atoms with E-state index in [2.05, 4.69) is 130 Å². The molecule has 0 fully saturated rings. The molecule has 208 valence electrons. The summed E-state index contributed by atoms with van der Waals surface area (Å²) in [6, 6.07) is 0. The molecule has 0 nitrogen and oxygen atoms in total. The topological polar surface area (TPSA) is 0 Å². The zero-order valence-corrected chi connectivity index (χ0v) is 34.2. The molecule has 0 saturated heterocycles. The Balaban J connectivity index is -0.000000184. The summed E-state index contributed by atoms with van der Waals surface area (Å²) in [4.78, 5) is 0. The molecule has 4 rings (SSSR count). The van der Waals surface area contributed by atoms with Crippen molar-refractivity contribution in [3.63, 3.8) is 0 Å². The van der Waals surface area contributed by atoms with Crippen LogP contribution >= 0.6 is 0 Å². The summed E-state index contributed by atoms with van der Waals surface area (Å²) in [7, 11) is 0. The Bertz CT molecular complexity index is 834. The molecular formula is C32H48Cl2Si2Zr2-2. The molecule has 6 heteroatoms. The van der Waals surface area contributed by atoms with E-state index in [0.717, 1.165) is 12.8 Å². The molecule has 38 heavy (non-hydrogen) atoms. The van der Waals surface area contributed by atoms with Crippen LogP contribution in [0.2, 0.25) is 26.2 Å². The molecular weight excluding hydrogens is 694 g/mol. The number of halogens is 2. The summed E-state index contributed by atoms with van der Waals surface area (Å²) in [6.07, 6.45) is 27.5. The van der Waals surface area contributed by atoms with Gasteiger partial charge in [-0.3, -0.25) is 24.3 Å². The summed E-state index contributed by atoms with van der Waals surface area (Å²) in [5.74, 6) is 1.10. The van der Waals surface area contributed by atoms with Crippen LogP contribution in [0, 0.1) is 36.1 Å². The van der Waals surface area contributed by atoms with Crippen molar-refractivity contribution in [2.75, 3.05) is 0 Å². The normalized spacial score (nSPS) is 18.9. The van der Waals surface area contributed by atoms with E-state index in [4.69, 9.17) is 0 Å². The average molecular weight is 742 g/mol. The van der Waals surface area contributed by atoms with Crippen LogP contribution in [0.1, 0.15) is 68.2 Å². The van der Waals surface area contributed by atoms with Gasteiger partial charge in [0.25, 0.3) is 0 Å². The van der Waals surface area contributed by atoms with Crippen LogP contribution < -0.4 is 24.8 Å². The van der Waals surface area contributed by atoms with E-state index < -0.39 is 0 Å². The van der Waals surface area contributed by atoms with Gasteiger partial charge < -0.3 is 24.8 Å². The van der Waals surface area contributed by atoms with E-state index >= 15 is 0 Å². The molecule has 2 unspecified atom stereocenters. The second-order valence-electron chi connectivity index (χ2n) is 9.82. The molecule has 0 bridgehead atoms. The summed E-state index contributed by atoms with van der Waals surface area (Å²) in [5, 5.41) is 0. The largest absolute Gasteiger partial charge is 1.00 e. The van der Waals surface area contributed by atoms with E-state index in [0.29, 0.717) is 11.8 Å². The molecule has 0 radical (unpaired) electrons. The third-order valence-electron chi connectivity index (χ3n) is 4.81. The molecule has 0 N–H and O–H groups in total. The molecule has 0 aromatic rings.